The number of carboxylic acids is 1. The number of hydrogen-bond acceptors (Lipinski definition) is 7. The van der Waals surface area contributed by atoms with Crippen LogP contribution in [0.15, 0.2) is 30.5 Å². The Balaban J connectivity index is 1.80. The van der Waals surface area contributed by atoms with Crippen molar-refractivity contribution in [3.8, 4) is 0 Å². The molecule has 2 heterocycles. The number of nitrogens with one attached hydrogen (secondary N) is 5. The SMILES string of the molecule is CSCCC(NC(=O)C(Cc1c[nH]c2ccccc12)NC(=O)C1CCCN1)C(=O)NC(C(=O)O)C(C)O. The van der Waals surface area contributed by atoms with E-state index >= 15 is 0 Å². The van der Waals surface area contributed by atoms with Gasteiger partial charge in [0.05, 0.1) is 12.1 Å². The fraction of sp³-hybridized carbons (Fsp3) is 0.520. The first kappa shape index (κ1) is 28.5. The van der Waals surface area contributed by atoms with Crippen LogP contribution in [0.3, 0.4) is 0 Å². The molecule has 7 N–H and O–H groups in total. The summed E-state index contributed by atoms with van der Waals surface area (Å²) in [7, 11) is 0. The third kappa shape index (κ3) is 7.70. The number of aliphatic carboxylic acids is 1. The van der Waals surface area contributed by atoms with Gasteiger partial charge >= 0.3 is 5.97 Å². The monoisotopic (exact) mass is 533 g/mol. The van der Waals surface area contributed by atoms with Gasteiger partial charge in [-0.15, -0.1) is 0 Å². The van der Waals surface area contributed by atoms with Crippen LogP contribution in [-0.2, 0) is 25.6 Å². The number of amides is 3. The molecule has 3 amide bonds. The molecule has 0 aliphatic carbocycles. The number of fused-ring (bicyclic) bond motifs is 1. The summed E-state index contributed by atoms with van der Waals surface area (Å²) in [6.07, 6.45) is 4.28. The molecule has 1 fully saturated rings. The van der Waals surface area contributed by atoms with Crippen molar-refractivity contribution in [2.24, 2.45) is 0 Å². The molecule has 202 valence electrons. The van der Waals surface area contributed by atoms with Crippen molar-refractivity contribution in [3.05, 3.63) is 36.0 Å². The van der Waals surface area contributed by atoms with Gasteiger partial charge in [-0.2, -0.15) is 11.8 Å². The number of aliphatic hydroxyl groups is 1. The van der Waals surface area contributed by atoms with Crippen LogP contribution in [0.5, 0.6) is 0 Å². The van der Waals surface area contributed by atoms with Gasteiger partial charge < -0.3 is 36.5 Å². The number of carbonyl (C=O) groups excluding carboxylic acids is 3. The lowest BCUT2D eigenvalue weighted by Crippen LogP contribution is -2.58. The van der Waals surface area contributed by atoms with E-state index in [0.29, 0.717) is 12.2 Å². The minimum Gasteiger partial charge on any atom is -0.480 e. The van der Waals surface area contributed by atoms with E-state index in [2.05, 4.69) is 26.3 Å². The number of H-pyrrole nitrogens is 1. The van der Waals surface area contributed by atoms with E-state index in [4.69, 9.17) is 0 Å². The summed E-state index contributed by atoms with van der Waals surface area (Å²) in [5.74, 6) is -2.42. The zero-order valence-corrected chi connectivity index (χ0v) is 21.8. The highest BCUT2D eigenvalue weighted by atomic mass is 32.2. The summed E-state index contributed by atoms with van der Waals surface area (Å²) >= 11 is 1.47. The lowest BCUT2D eigenvalue weighted by molar-refractivity contribution is -0.145. The van der Waals surface area contributed by atoms with Gasteiger partial charge in [-0.05, 0) is 56.4 Å². The molecule has 12 heteroatoms. The van der Waals surface area contributed by atoms with E-state index in [1.54, 1.807) is 6.20 Å². The van der Waals surface area contributed by atoms with Crippen LogP contribution in [0.25, 0.3) is 10.9 Å². The summed E-state index contributed by atoms with van der Waals surface area (Å²) in [6.45, 7) is 1.99. The van der Waals surface area contributed by atoms with Crippen molar-refractivity contribution in [2.45, 2.75) is 62.9 Å². The van der Waals surface area contributed by atoms with Crippen molar-refractivity contribution >= 4 is 46.4 Å². The summed E-state index contributed by atoms with van der Waals surface area (Å²) in [6, 6.07) is 3.70. The third-order valence-electron chi connectivity index (χ3n) is 6.40. The molecule has 5 atom stereocenters. The Morgan fingerprint density at radius 3 is 2.49 bits per heavy atom. The third-order valence-corrected chi connectivity index (χ3v) is 7.04. The number of hydrogen-bond donors (Lipinski definition) is 7. The van der Waals surface area contributed by atoms with Crippen molar-refractivity contribution in [2.75, 3.05) is 18.6 Å². The Labute approximate surface area is 219 Å². The summed E-state index contributed by atoms with van der Waals surface area (Å²) < 4.78 is 0. The van der Waals surface area contributed by atoms with E-state index in [-0.39, 0.29) is 18.7 Å². The number of carboxylic acid groups (broad SMARTS) is 1. The average Bonchev–Trinajstić information content (AvgIpc) is 3.54. The van der Waals surface area contributed by atoms with Crippen LogP contribution in [0.4, 0.5) is 0 Å². The van der Waals surface area contributed by atoms with Gasteiger partial charge in [0.25, 0.3) is 0 Å². The second kappa shape index (κ2) is 13.5. The molecule has 0 radical (unpaired) electrons. The molecule has 5 unspecified atom stereocenters. The van der Waals surface area contributed by atoms with E-state index in [9.17, 15) is 29.4 Å². The molecule has 2 aromatic rings. The predicted molar refractivity (Wildman–Crippen MR) is 141 cm³/mol. The van der Waals surface area contributed by atoms with Gasteiger partial charge in [0.15, 0.2) is 6.04 Å². The lowest BCUT2D eigenvalue weighted by atomic mass is 10.0. The molecule has 1 saturated heterocycles. The van der Waals surface area contributed by atoms with Crippen LogP contribution < -0.4 is 21.3 Å². The first-order valence-electron chi connectivity index (χ1n) is 12.3. The molecule has 37 heavy (non-hydrogen) atoms. The largest absolute Gasteiger partial charge is 0.480 e. The fourth-order valence-corrected chi connectivity index (χ4v) is 4.80. The summed E-state index contributed by atoms with van der Waals surface area (Å²) in [4.78, 5) is 53.9. The highest BCUT2D eigenvalue weighted by Crippen LogP contribution is 2.19. The molecule has 1 aromatic carbocycles. The minimum absolute atomic E-state index is 0.191. The standard InChI is InChI=1S/C25H35N5O6S/c1-14(31)21(25(35)36)30-23(33)19(9-11-37-2)28-24(34)20(29-22(32)18-8-5-10-26-18)12-15-13-27-17-7-4-3-6-16(15)17/h3-4,6-7,13-14,18-21,26-27,31H,5,8-12H2,1-2H3,(H,28,34)(H,29,32)(H,30,33)(H,35,36). The van der Waals surface area contributed by atoms with Crippen LogP contribution in [0.1, 0.15) is 31.7 Å². The smallest absolute Gasteiger partial charge is 0.328 e. The molecule has 11 nitrogen and oxygen atoms in total. The maximum absolute atomic E-state index is 13.5. The molecular weight excluding hydrogens is 498 g/mol. The molecule has 1 aliphatic heterocycles. The maximum atomic E-state index is 13.5. The first-order valence-corrected chi connectivity index (χ1v) is 13.7. The average molecular weight is 534 g/mol. The van der Waals surface area contributed by atoms with Crippen molar-refractivity contribution < 1.29 is 29.4 Å². The van der Waals surface area contributed by atoms with Gasteiger partial charge in [0, 0.05) is 23.5 Å². The molecule has 0 spiro atoms. The van der Waals surface area contributed by atoms with Crippen molar-refractivity contribution in [1.82, 2.24) is 26.3 Å². The molecular formula is C25H35N5O6S. The summed E-state index contributed by atoms with van der Waals surface area (Å²) in [5, 5.41) is 31.0. The highest BCUT2D eigenvalue weighted by Gasteiger charge is 2.33. The molecule has 1 aliphatic rings. The Morgan fingerprint density at radius 2 is 1.84 bits per heavy atom. The lowest BCUT2D eigenvalue weighted by Gasteiger charge is -2.25. The Bertz CT molecular complexity index is 1100. The first-order chi connectivity index (χ1) is 17.7. The second-order valence-electron chi connectivity index (χ2n) is 9.18. The topological polar surface area (TPSA) is 173 Å². The Hall–Kier alpha value is -3.09. The van der Waals surface area contributed by atoms with Crippen LogP contribution in [0, 0.1) is 0 Å². The van der Waals surface area contributed by atoms with Crippen LogP contribution in [-0.4, -0.2) is 87.7 Å². The van der Waals surface area contributed by atoms with Crippen molar-refractivity contribution in [3.63, 3.8) is 0 Å². The zero-order valence-electron chi connectivity index (χ0n) is 21.0. The zero-order chi connectivity index (χ0) is 26.9. The summed E-state index contributed by atoms with van der Waals surface area (Å²) in [5.41, 5.74) is 1.73. The highest BCUT2D eigenvalue weighted by molar-refractivity contribution is 7.98. The van der Waals surface area contributed by atoms with Crippen molar-refractivity contribution in [1.29, 1.82) is 0 Å². The van der Waals surface area contributed by atoms with E-state index < -0.39 is 48.1 Å². The number of thioether (sulfide) groups is 1. The molecule has 0 saturated carbocycles. The van der Waals surface area contributed by atoms with Gasteiger partial charge in [0.1, 0.15) is 12.1 Å². The molecule has 3 rings (SSSR count). The fourth-order valence-electron chi connectivity index (χ4n) is 4.33. The number of rotatable bonds is 13. The van der Waals surface area contributed by atoms with Gasteiger partial charge in [-0.1, -0.05) is 18.2 Å². The van der Waals surface area contributed by atoms with E-state index in [0.717, 1.165) is 29.4 Å². The maximum Gasteiger partial charge on any atom is 0.328 e. The number of benzene rings is 1. The van der Waals surface area contributed by atoms with Gasteiger partial charge in [-0.3, -0.25) is 14.4 Å². The number of aromatic nitrogens is 1. The van der Waals surface area contributed by atoms with Gasteiger partial charge in [0.2, 0.25) is 17.7 Å². The quantitative estimate of drug-likeness (QED) is 0.190. The number of aromatic amines is 1. The predicted octanol–water partition coefficient (Wildman–Crippen LogP) is 0.135. The van der Waals surface area contributed by atoms with Gasteiger partial charge in [-0.25, -0.2) is 4.79 Å². The Kier molecular flexibility index (Phi) is 10.4. The second-order valence-corrected chi connectivity index (χ2v) is 10.2. The van der Waals surface area contributed by atoms with Crippen LogP contribution >= 0.6 is 11.8 Å². The molecule has 0 bridgehead atoms. The van der Waals surface area contributed by atoms with E-state index in [1.165, 1.54) is 18.7 Å². The molecule has 1 aromatic heterocycles. The Morgan fingerprint density at radius 1 is 1.11 bits per heavy atom. The van der Waals surface area contributed by atoms with E-state index in [1.807, 2.05) is 30.5 Å². The number of aliphatic hydroxyl groups excluding tert-OH is 1. The normalized spacial score (nSPS) is 18.5. The number of carbonyl (C=O) groups is 4. The van der Waals surface area contributed by atoms with Crippen LogP contribution in [0.2, 0.25) is 0 Å². The number of para-hydroxylation sites is 1. The minimum atomic E-state index is -1.52.